The Morgan fingerprint density at radius 2 is 1.00 bits per heavy atom. The molecule has 0 saturated heterocycles. The molecule has 30 heavy (non-hydrogen) atoms. The Balaban J connectivity index is 2.05. The van der Waals surface area contributed by atoms with Crippen molar-refractivity contribution in [3.05, 3.63) is 137 Å². The molecule has 4 aromatic carbocycles. The Morgan fingerprint density at radius 3 is 1.50 bits per heavy atom. The van der Waals surface area contributed by atoms with Gasteiger partial charge in [-0.15, -0.1) is 0 Å². The molecular formula is C28H23FO. The zero-order valence-electron chi connectivity index (χ0n) is 17.1. The number of rotatable bonds is 5. The van der Waals surface area contributed by atoms with Crippen molar-refractivity contribution in [2.75, 3.05) is 7.11 Å². The molecule has 0 spiro atoms. The highest BCUT2D eigenvalue weighted by molar-refractivity contribution is 6.04. The van der Waals surface area contributed by atoms with Crippen LogP contribution in [0.1, 0.15) is 27.8 Å². The van der Waals surface area contributed by atoms with Crippen molar-refractivity contribution < 1.29 is 9.13 Å². The van der Waals surface area contributed by atoms with Crippen LogP contribution < -0.4 is 4.74 Å². The van der Waals surface area contributed by atoms with Gasteiger partial charge in [0.25, 0.3) is 0 Å². The maximum atomic E-state index is 13.7. The molecule has 0 saturated carbocycles. The molecule has 0 fully saturated rings. The predicted molar refractivity (Wildman–Crippen MR) is 122 cm³/mol. The van der Waals surface area contributed by atoms with E-state index < -0.39 is 0 Å². The van der Waals surface area contributed by atoms with E-state index in [1.165, 1.54) is 17.7 Å². The summed E-state index contributed by atoms with van der Waals surface area (Å²) in [4.78, 5) is 0. The number of methoxy groups -OCH3 is 1. The molecule has 0 aliphatic rings. The summed E-state index contributed by atoms with van der Waals surface area (Å²) in [6.07, 6.45) is 0. The minimum atomic E-state index is -0.246. The van der Waals surface area contributed by atoms with E-state index in [0.29, 0.717) is 0 Å². The van der Waals surface area contributed by atoms with Gasteiger partial charge in [0.1, 0.15) is 11.6 Å². The first-order chi connectivity index (χ1) is 14.7. The second kappa shape index (κ2) is 8.79. The quantitative estimate of drug-likeness (QED) is 0.327. The lowest BCUT2D eigenvalue weighted by molar-refractivity contribution is 0.415. The van der Waals surface area contributed by atoms with Crippen LogP contribution in [0, 0.1) is 12.7 Å². The van der Waals surface area contributed by atoms with E-state index in [1.54, 1.807) is 7.11 Å². The molecule has 0 aromatic heterocycles. The van der Waals surface area contributed by atoms with Crippen molar-refractivity contribution in [2.45, 2.75) is 6.92 Å². The van der Waals surface area contributed by atoms with E-state index in [2.05, 4.69) is 55.5 Å². The highest BCUT2D eigenvalue weighted by Crippen LogP contribution is 2.37. The molecule has 0 radical (unpaired) electrons. The van der Waals surface area contributed by atoms with Crippen LogP contribution in [-0.2, 0) is 0 Å². The number of hydrogen-bond donors (Lipinski definition) is 0. The Morgan fingerprint density at radius 1 is 0.567 bits per heavy atom. The van der Waals surface area contributed by atoms with Gasteiger partial charge in [-0.2, -0.15) is 0 Å². The summed E-state index contributed by atoms with van der Waals surface area (Å²) in [5.41, 5.74) is 7.58. The Hall–Kier alpha value is -3.65. The number of ether oxygens (including phenoxy) is 1. The van der Waals surface area contributed by atoms with Crippen molar-refractivity contribution in [1.82, 2.24) is 0 Å². The first-order valence-corrected chi connectivity index (χ1v) is 9.93. The molecule has 2 heteroatoms. The van der Waals surface area contributed by atoms with E-state index in [-0.39, 0.29) is 5.82 Å². The van der Waals surface area contributed by atoms with Gasteiger partial charge in [0.15, 0.2) is 0 Å². The summed E-state index contributed by atoms with van der Waals surface area (Å²) < 4.78 is 19.1. The molecule has 0 unspecified atom stereocenters. The Kier molecular flexibility index (Phi) is 5.76. The van der Waals surface area contributed by atoms with Crippen molar-refractivity contribution in [3.63, 3.8) is 0 Å². The number of benzene rings is 4. The van der Waals surface area contributed by atoms with Gasteiger partial charge in [0.05, 0.1) is 7.11 Å². The van der Waals surface area contributed by atoms with Crippen LogP contribution >= 0.6 is 0 Å². The lowest BCUT2D eigenvalue weighted by Gasteiger charge is -2.18. The third-order valence-electron chi connectivity index (χ3n) is 5.16. The summed E-state index contributed by atoms with van der Waals surface area (Å²) in [5, 5.41) is 0. The fraction of sp³-hybridized carbons (Fsp3) is 0.0714. The second-order valence-corrected chi connectivity index (χ2v) is 7.22. The molecule has 0 bridgehead atoms. The number of halogens is 1. The van der Waals surface area contributed by atoms with Gasteiger partial charge in [0.2, 0.25) is 0 Å². The predicted octanol–water partition coefficient (Wildman–Crippen LogP) is 7.15. The molecule has 0 aliphatic carbocycles. The van der Waals surface area contributed by atoms with Crippen LogP contribution in [0.4, 0.5) is 4.39 Å². The van der Waals surface area contributed by atoms with Crippen LogP contribution in [0.2, 0.25) is 0 Å². The standard InChI is InChI=1S/C28H23FO/c1-20-8-10-22(11-9-20)27(21-6-4-3-5-7-21)28(23-12-16-25(29)17-13-23)24-14-18-26(30-2)19-15-24/h3-19H,1-2H3/b28-27-. The van der Waals surface area contributed by atoms with Crippen molar-refractivity contribution in [2.24, 2.45) is 0 Å². The summed E-state index contributed by atoms with van der Waals surface area (Å²) in [7, 11) is 1.66. The first kappa shape index (κ1) is 19.7. The fourth-order valence-electron chi connectivity index (χ4n) is 3.61. The zero-order chi connectivity index (χ0) is 20.9. The molecule has 0 amide bonds. The van der Waals surface area contributed by atoms with E-state index in [4.69, 9.17) is 4.74 Å². The van der Waals surface area contributed by atoms with Gasteiger partial charge in [-0.3, -0.25) is 0 Å². The normalized spacial score (nSPS) is 11.7. The summed E-state index contributed by atoms with van der Waals surface area (Å²) in [6, 6.07) is 33.6. The minimum Gasteiger partial charge on any atom is -0.497 e. The van der Waals surface area contributed by atoms with E-state index in [9.17, 15) is 4.39 Å². The molecule has 1 nitrogen and oxygen atoms in total. The highest BCUT2D eigenvalue weighted by Gasteiger charge is 2.16. The van der Waals surface area contributed by atoms with Crippen molar-refractivity contribution >= 4 is 11.1 Å². The highest BCUT2D eigenvalue weighted by atomic mass is 19.1. The van der Waals surface area contributed by atoms with E-state index in [1.807, 2.05) is 42.5 Å². The summed E-state index contributed by atoms with van der Waals surface area (Å²) >= 11 is 0. The number of aryl methyl sites for hydroxylation is 1. The van der Waals surface area contributed by atoms with E-state index in [0.717, 1.165) is 39.1 Å². The third kappa shape index (κ3) is 4.18. The fourth-order valence-corrected chi connectivity index (χ4v) is 3.61. The molecule has 4 aromatic rings. The first-order valence-electron chi connectivity index (χ1n) is 9.93. The molecular weight excluding hydrogens is 371 g/mol. The van der Waals surface area contributed by atoms with Gasteiger partial charge in [-0.25, -0.2) is 4.39 Å². The average Bonchev–Trinajstić information content (AvgIpc) is 2.80. The average molecular weight is 394 g/mol. The molecule has 4 rings (SSSR count). The van der Waals surface area contributed by atoms with Gasteiger partial charge < -0.3 is 4.74 Å². The topological polar surface area (TPSA) is 9.23 Å². The van der Waals surface area contributed by atoms with Gasteiger partial charge >= 0.3 is 0 Å². The molecule has 0 aliphatic heterocycles. The van der Waals surface area contributed by atoms with Crippen LogP contribution in [0.25, 0.3) is 11.1 Å². The van der Waals surface area contributed by atoms with Gasteiger partial charge in [0, 0.05) is 0 Å². The van der Waals surface area contributed by atoms with Crippen LogP contribution in [0.15, 0.2) is 103 Å². The minimum absolute atomic E-state index is 0.246. The zero-order valence-corrected chi connectivity index (χ0v) is 17.1. The van der Waals surface area contributed by atoms with Crippen molar-refractivity contribution in [1.29, 1.82) is 0 Å². The maximum Gasteiger partial charge on any atom is 0.123 e. The summed E-state index contributed by atoms with van der Waals surface area (Å²) in [5.74, 6) is 0.554. The molecule has 148 valence electrons. The second-order valence-electron chi connectivity index (χ2n) is 7.22. The molecule has 0 N–H and O–H groups in total. The SMILES string of the molecule is COc1ccc(/C(=C(/c2ccccc2)c2ccc(C)cc2)c2ccc(F)cc2)cc1. The van der Waals surface area contributed by atoms with Gasteiger partial charge in [-0.05, 0) is 64.6 Å². The lowest BCUT2D eigenvalue weighted by Crippen LogP contribution is -1.98. The van der Waals surface area contributed by atoms with Crippen LogP contribution in [0.5, 0.6) is 5.75 Å². The van der Waals surface area contributed by atoms with Crippen LogP contribution in [0.3, 0.4) is 0 Å². The Labute approximate surface area is 177 Å². The molecule has 0 heterocycles. The Bertz CT molecular complexity index is 1140. The lowest BCUT2D eigenvalue weighted by atomic mass is 9.85. The van der Waals surface area contributed by atoms with Crippen LogP contribution in [-0.4, -0.2) is 7.11 Å². The smallest absolute Gasteiger partial charge is 0.123 e. The monoisotopic (exact) mass is 394 g/mol. The third-order valence-corrected chi connectivity index (χ3v) is 5.16. The summed E-state index contributed by atoms with van der Waals surface area (Å²) in [6.45, 7) is 2.08. The van der Waals surface area contributed by atoms with Gasteiger partial charge in [-0.1, -0.05) is 84.4 Å². The van der Waals surface area contributed by atoms with E-state index >= 15 is 0 Å². The maximum absolute atomic E-state index is 13.7. The largest absolute Gasteiger partial charge is 0.497 e. The molecule has 0 atom stereocenters. The number of hydrogen-bond acceptors (Lipinski definition) is 1. The van der Waals surface area contributed by atoms with Crippen molar-refractivity contribution in [3.8, 4) is 5.75 Å².